The van der Waals surface area contributed by atoms with Gasteiger partial charge in [0, 0.05) is 25.4 Å². The Morgan fingerprint density at radius 1 is 1.55 bits per heavy atom. The summed E-state index contributed by atoms with van der Waals surface area (Å²) in [6, 6.07) is 3.36. The van der Waals surface area contributed by atoms with Gasteiger partial charge in [-0.05, 0) is 38.2 Å². The maximum atomic E-state index is 11.9. The SMILES string of the molecule is COc1ccnc(C(=O)NCCCC[C@@H]2CCCO2)c1. The van der Waals surface area contributed by atoms with Gasteiger partial charge in [0.1, 0.15) is 11.4 Å². The lowest BCUT2D eigenvalue weighted by Crippen LogP contribution is -2.25. The van der Waals surface area contributed by atoms with E-state index in [1.807, 2.05) is 0 Å². The highest BCUT2D eigenvalue weighted by atomic mass is 16.5. The van der Waals surface area contributed by atoms with E-state index >= 15 is 0 Å². The average Bonchev–Trinajstić information content (AvgIpc) is 3.00. The number of carbonyl (C=O) groups is 1. The van der Waals surface area contributed by atoms with Crippen molar-refractivity contribution in [1.29, 1.82) is 0 Å². The number of nitrogens with one attached hydrogen (secondary N) is 1. The predicted octanol–water partition coefficient (Wildman–Crippen LogP) is 2.17. The van der Waals surface area contributed by atoms with E-state index in [4.69, 9.17) is 9.47 Å². The second-order valence-corrected chi connectivity index (χ2v) is 4.97. The lowest BCUT2D eigenvalue weighted by molar-refractivity contribution is 0.0942. The maximum absolute atomic E-state index is 11.9. The highest BCUT2D eigenvalue weighted by Gasteiger charge is 2.14. The van der Waals surface area contributed by atoms with Crippen LogP contribution in [-0.2, 0) is 4.74 Å². The van der Waals surface area contributed by atoms with Crippen LogP contribution in [0, 0.1) is 0 Å². The Bertz CT molecular complexity index is 431. The zero-order valence-corrected chi connectivity index (χ0v) is 11.9. The Morgan fingerprint density at radius 3 is 3.20 bits per heavy atom. The van der Waals surface area contributed by atoms with Crippen LogP contribution in [0.5, 0.6) is 5.75 Å². The van der Waals surface area contributed by atoms with Crippen molar-refractivity contribution in [2.24, 2.45) is 0 Å². The second-order valence-electron chi connectivity index (χ2n) is 4.97. The second kappa shape index (κ2) is 7.85. The Labute approximate surface area is 119 Å². The average molecular weight is 278 g/mol. The summed E-state index contributed by atoms with van der Waals surface area (Å²) in [4.78, 5) is 15.9. The summed E-state index contributed by atoms with van der Waals surface area (Å²) in [6.07, 6.45) is 7.51. The minimum atomic E-state index is -0.152. The molecule has 1 aliphatic rings. The van der Waals surface area contributed by atoms with Crippen LogP contribution in [0.15, 0.2) is 18.3 Å². The number of ether oxygens (including phenoxy) is 2. The number of hydrogen-bond donors (Lipinski definition) is 1. The summed E-state index contributed by atoms with van der Waals surface area (Å²) in [7, 11) is 1.57. The fourth-order valence-electron chi connectivity index (χ4n) is 2.32. The molecule has 2 heterocycles. The number of aromatic nitrogens is 1. The molecule has 1 amide bonds. The third-order valence-corrected chi connectivity index (χ3v) is 3.46. The molecule has 110 valence electrons. The Morgan fingerprint density at radius 2 is 2.45 bits per heavy atom. The third kappa shape index (κ3) is 4.49. The van der Waals surface area contributed by atoms with E-state index in [1.54, 1.807) is 25.4 Å². The van der Waals surface area contributed by atoms with Crippen molar-refractivity contribution in [2.75, 3.05) is 20.3 Å². The molecule has 1 fully saturated rings. The Balaban J connectivity index is 1.64. The summed E-state index contributed by atoms with van der Waals surface area (Å²) in [6.45, 7) is 1.58. The first-order valence-electron chi connectivity index (χ1n) is 7.19. The fraction of sp³-hybridized carbons (Fsp3) is 0.600. The molecule has 0 saturated carbocycles. The van der Waals surface area contributed by atoms with Gasteiger partial charge in [-0.1, -0.05) is 0 Å². The van der Waals surface area contributed by atoms with Crippen molar-refractivity contribution in [3.8, 4) is 5.75 Å². The molecule has 1 aliphatic heterocycles. The summed E-state index contributed by atoms with van der Waals surface area (Å²) < 4.78 is 10.6. The summed E-state index contributed by atoms with van der Waals surface area (Å²) in [5.74, 6) is 0.490. The molecule has 0 radical (unpaired) electrons. The van der Waals surface area contributed by atoms with Gasteiger partial charge in [-0.2, -0.15) is 0 Å². The fourth-order valence-corrected chi connectivity index (χ4v) is 2.32. The molecular weight excluding hydrogens is 256 g/mol. The van der Waals surface area contributed by atoms with Gasteiger partial charge in [0.05, 0.1) is 13.2 Å². The first-order chi connectivity index (χ1) is 9.79. The lowest BCUT2D eigenvalue weighted by atomic mass is 10.1. The van der Waals surface area contributed by atoms with Crippen molar-refractivity contribution in [3.05, 3.63) is 24.0 Å². The maximum Gasteiger partial charge on any atom is 0.270 e. The van der Waals surface area contributed by atoms with Gasteiger partial charge in [-0.3, -0.25) is 9.78 Å². The molecule has 1 atom stereocenters. The van der Waals surface area contributed by atoms with Crippen LogP contribution in [0.2, 0.25) is 0 Å². The lowest BCUT2D eigenvalue weighted by Gasteiger charge is -2.09. The normalized spacial score (nSPS) is 17.9. The van der Waals surface area contributed by atoms with E-state index < -0.39 is 0 Å². The molecule has 1 saturated heterocycles. The van der Waals surface area contributed by atoms with Crippen LogP contribution in [0.1, 0.15) is 42.6 Å². The molecule has 0 spiro atoms. The van der Waals surface area contributed by atoms with Gasteiger partial charge in [0.2, 0.25) is 0 Å². The third-order valence-electron chi connectivity index (χ3n) is 3.46. The van der Waals surface area contributed by atoms with Crippen molar-refractivity contribution in [2.45, 2.75) is 38.2 Å². The van der Waals surface area contributed by atoms with Crippen LogP contribution >= 0.6 is 0 Å². The molecule has 0 aromatic carbocycles. The number of rotatable bonds is 7. The molecule has 0 aliphatic carbocycles. The van der Waals surface area contributed by atoms with E-state index in [-0.39, 0.29) is 5.91 Å². The highest BCUT2D eigenvalue weighted by molar-refractivity contribution is 5.92. The molecule has 2 rings (SSSR count). The van der Waals surface area contributed by atoms with Gasteiger partial charge >= 0.3 is 0 Å². The number of carbonyl (C=O) groups excluding carboxylic acids is 1. The Kier molecular flexibility index (Phi) is 5.80. The molecule has 5 nitrogen and oxygen atoms in total. The molecule has 5 heteroatoms. The van der Waals surface area contributed by atoms with Crippen LogP contribution < -0.4 is 10.1 Å². The van der Waals surface area contributed by atoms with Gasteiger partial charge < -0.3 is 14.8 Å². The number of methoxy groups -OCH3 is 1. The number of amides is 1. The predicted molar refractivity (Wildman–Crippen MR) is 75.9 cm³/mol. The first-order valence-corrected chi connectivity index (χ1v) is 7.19. The van der Waals surface area contributed by atoms with Gasteiger partial charge in [0.25, 0.3) is 5.91 Å². The quantitative estimate of drug-likeness (QED) is 0.777. The van der Waals surface area contributed by atoms with Crippen LogP contribution in [0.25, 0.3) is 0 Å². The minimum absolute atomic E-state index is 0.152. The number of nitrogens with zero attached hydrogens (tertiary/aromatic N) is 1. The first kappa shape index (κ1) is 14.8. The largest absolute Gasteiger partial charge is 0.497 e. The smallest absolute Gasteiger partial charge is 0.270 e. The summed E-state index contributed by atoms with van der Waals surface area (Å²) in [5.41, 5.74) is 0.392. The van der Waals surface area contributed by atoms with E-state index in [1.165, 1.54) is 12.8 Å². The molecular formula is C15H22N2O3. The van der Waals surface area contributed by atoms with Crippen LogP contribution in [0.3, 0.4) is 0 Å². The number of pyridine rings is 1. The van der Waals surface area contributed by atoms with E-state index in [0.29, 0.717) is 24.1 Å². The molecule has 0 unspecified atom stereocenters. The zero-order chi connectivity index (χ0) is 14.2. The number of unbranched alkanes of at least 4 members (excludes halogenated alkanes) is 1. The Hall–Kier alpha value is -1.62. The van der Waals surface area contributed by atoms with Crippen molar-refractivity contribution in [1.82, 2.24) is 10.3 Å². The molecule has 0 bridgehead atoms. The van der Waals surface area contributed by atoms with Gasteiger partial charge in [0.15, 0.2) is 0 Å². The topological polar surface area (TPSA) is 60.5 Å². The number of hydrogen-bond acceptors (Lipinski definition) is 4. The van der Waals surface area contributed by atoms with Crippen molar-refractivity contribution >= 4 is 5.91 Å². The van der Waals surface area contributed by atoms with Gasteiger partial charge in [-0.25, -0.2) is 0 Å². The van der Waals surface area contributed by atoms with Gasteiger partial charge in [-0.15, -0.1) is 0 Å². The molecule has 1 N–H and O–H groups in total. The standard InChI is InChI=1S/C15H22N2O3/c1-19-13-7-9-16-14(11-13)15(18)17-8-3-2-5-12-6-4-10-20-12/h7,9,11-12H,2-6,8,10H2,1H3,(H,17,18)/t12-/m1/s1. The summed E-state index contributed by atoms with van der Waals surface area (Å²) in [5, 5.41) is 2.88. The zero-order valence-electron chi connectivity index (χ0n) is 11.9. The van der Waals surface area contributed by atoms with Crippen molar-refractivity contribution in [3.63, 3.8) is 0 Å². The minimum Gasteiger partial charge on any atom is -0.497 e. The van der Waals surface area contributed by atoms with E-state index in [9.17, 15) is 4.79 Å². The molecule has 20 heavy (non-hydrogen) atoms. The van der Waals surface area contributed by atoms with E-state index in [2.05, 4.69) is 10.3 Å². The molecule has 1 aromatic heterocycles. The summed E-state index contributed by atoms with van der Waals surface area (Å²) >= 11 is 0. The van der Waals surface area contributed by atoms with Crippen molar-refractivity contribution < 1.29 is 14.3 Å². The van der Waals surface area contributed by atoms with E-state index in [0.717, 1.165) is 25.9 Å². The van der Waals surface area contributed by atoms with Crippen LogP contribution in [0.4, 0.5) is 0 Å². The highest BCUT2D eigenvalue weighted by Crippen LogP contribution is 2.17. The van der Waals surface area contributed by atoms with Crippen LogP contribution in [-0.4, -0.2) is 37.3 Å². The monoisotopic (exact) mass is 278 g/mol. The molecule has 1 aromatic rings.